The molecule has 0 saturated heterocycles. The average molecular weight is 211 g/mol. The summed E-state index contributed by atoms with van der Waals surface area (Å²) in [7, 11) is -1.65. The molecule has 0 spiro atoms. The van der Waals surface area contributed by atoms with Gasteiger partial charge in [0.05, 0.1) is 18.5 Å². The second kappa shape index (κ2) is 6.31. The van der Waals surface area contributed by atoms with E-state index >= 15 is 0 Å². The summed E-state index contributed by atoms with van der Waals surface area (Å²) >= 11 is 0. The number of sulfonamides is 1. The molecule has 0 aromatic heterocycles. The highest BCUT2D eigenvalue weighted by atomic mass is 32.2. The van der Waals surface area contributed by atoms with E-state index < -0.39 is 16.1 Å². The Kier molecular flexibility index (Phi) is 6.23. The van der Waals surface area contributed by atoms with Gasteiger partial charge < -0.3 is 9.84 Å². The molecule has 1 atom stereocenters. The second-order valence-electron chi connectivity index (χ2n) is 2.70. The Morgan fingerprint density at radius 3 is 2.62 bits per heavy atom. The Bertz CT molecular complexity index is 215. The molecule has 80 valence electrons. The second-order valence-corrected chi connectivity index (χ2v) is 4.79. The quantitative estimate of drug-likeness (QED) is 0.585. The molecule has 0 amide bonds. The van der Waals surface area contributed by atoms with Gasteiger partial charge in [0, 0.05) is 13.7 Å². The fourth-order valence-corrected chi connectivity index (χ4v) is 1.39. The Morgan fingerprint density at radius 1 is 1.54 bits per heavy atom. The van der Waals surface area contributed by atoms with Crippen molar-refractivity contribution in [3.8, 4) is 0 Å². The van der Waals surface area contributed by atoms with Crippen LogP contribution in [-0.4, -0.2) is 45.6 Å². The molecule has 1 unspecified atom stereocenters. The van der Waals surface area contributed by atoms with E-state index in [1.165, 1.54) is 7.11 Å². The minimum atomic E-state index is -3.13. The minimum Gasteiger partial charge on any atom is -0.391 e. The van der Waals surface area contributed by atoms with Gasteiger partial charge in [-0.1, -0.05) is 0 Å². The van der Waals surface area contributed by atoms with Gasteiger partial charge >= 0.3 is 0 Å². The smallest absolute Gasteiger partial charge is 0.211 e. The van der Waals surface area contributed by atoms with Gasteiger partial charge in [0.25, 0.3) is 0 Å². The van der Waals surface area contributed by atoms with Crippen LogP contribution in [0.5, 0.6) is 0 Å². The maximum Gasteiger partial charge on any atom is 0.211 e. The van der Waals surface area contributed by atoms with Crippen molar-refractivity contribution in [3.63, 3.8) is 0 Å². The SMILES string of the molecule is CCS(=O)(=O)NCCC(O)COC. The van der Waals surface area contributed by atoms with Crippen molar-refractivity contribution in [2.24, 2.45) is 0 Å². The monoisotopic (exact) mass is 211 g/mol. The van der Waals surface area contributed by atoms with Crippen LogP contribution < -0.4 is 4.72 Å². The van der Waals surface area contributed by atoms with Crippen LogP contribution in [-0.2, 0) is 14.8 Å². The zero-order chi connectivity index (χ0) is 10.3. The summed E-state index contributed by atoms with van der Waals surface area (Å²) in [6.07, 6.45) is -0.239. The molecule has 5 nitrogen and oxygen atoms in total. The van der Waals surface area contributed by atoms with Crippen LogP contribution in [0.2, 0.25) is 0 Å². The Balaban J connectivity index is 3.56. The van der Waals surface area contributed by atoms with Crippen LogP contribution in [0.25, 0.3) is 0 Å². The number of hydrogen-bond acceptors (Lipinski definition) is 4. The molecule has 0 aliphatic carbocycles. The van der Waals surface area contributed by atoms with Gasteiger partial charge in [0.2, 0.25) is 10.0 Å². The molecular weight excluding hydrogens is 194 g/mol. The Hall–Kier alpha value is -0.170. The fraction of sp³-hybridized carbons (Fsp3) is 1.00. The topological polar surface area (TPSA) is 75.6 Å². The van der Waals surface area contributed by atoms with E-state index in [1.54, 1.807) is 6.92 Å². The van der Waals surface area contributed by atoms with Crippen molar-refractivity contribution in [2.45, 2.75) is 19.4 Å². The molecule has 0 saturated carbocycles. The van der Waals surface area contributed by atoms with Crippen molar-refractivity contribution in [2.75, 3.05) is 26.0 Å². The van der Waals surface area contributed by atoms with E-state index in [4.69, 9.17) is 5.11 Å². The van der Waals surface area contributed by atoms with Gasteiger partial charge in [-0.05, 0) is 13.3 Å². The first-order chi connectivity index (χ1) is 6.02. The van der Waals surface area contributed by atoms with Gasteiger partial charge in [0.15, 0.2) is 0 Å². The number of nitrogens with one attached hydrogen (secondary N) is 1. The van der Waals surface area contributed by atoms with Gasteiger partial charge in [0.1, 0.15) is 0 Å². The summed E-state index contributed by atoms with van der Waals surface area (Å²) in [4.78, 5) is 0. The van der Waals surface area contributed by atoms with E-state index in [2.05, 4.69) is 9.46 Å². The maximum absolute atomic E-state index is 10.9. The van der Waals surface area contributed by atoms with Crippen molar-refractivity contribution in [1.29, 1.82) is 0 Å². The van der Waals surface area contributed by atoms with Gasteiger partial charge in [-0.15, -0.1) is 0 Å². The molecule has 0 fully saturated rings. The Labute approximate surface area is 79.1 Å². The lowest BCUT2D eigenvalue weighted by atomic mass is 10.3. The molecule has 0 radical (unpaired) electrons. The third-order valence-electron chi connectivity index (χ3n) is 1.54. The van der Waals surface area contributed by atoms with E-state index in [1.807, 2.05) is 0 Å². The molecule has 0 bridgehead atoms. The predicted molar refractivity (Wildman–Crippen MR) is 50.0 cm³/mol. The van der Waals surface area contributed by atoms with Crippen LogP contribution in [0.3, 0.4) is 0 Å². The summed E-state index contributed by atoms with van der Waals surface area (Å²) in [5, 5.41) is 9.16. The highest BCUT2D eigenvalue weighted by Crippen LogP contribution is 1.91. The fourth-order valence-electron chi connectivity index (χ4n) is 0.759. The lowest BCUT2D eigenvalue weighted by molar-refractivity contribution is 0.0603. The first-order valence-electron chi connectivity index (χ1n) is 4.16. The van der Waals surface area contributed by atoms with Crippen molar-refractivity contribution in [3.05, 3.63) is 0 Å². The maximum atomic E-state index is 10.9. The van der Waals surface area contributed by atoms with Crippen molar-refractivity contribution >= 4 is 10.0 Å². The molecule has 0 aromatic carbocycles. The minimum absolute atomic E-state index is 0.0629. The first-order valence-corrected chi connectivity index (χ1v) is 5.81. The van der Waals surface area contributed by atoms with E-state index in [-0.39, 0.29) is 18.9 Å². The molecule has 0 aliphatic heterocycles. The van der Waals surface area contributed by atoms with Crippen LogP contribution in [0.1, 0.15) is 13.3 Å². The summed E-state index contributed by atoms with van der Waals surface area (Å²) < 4.78 is 28.9. The van der Waals surface area contributed by atoms with Crippen LogP contribution in [0.15, 0.2) is 0 Å². The normalized spacial score (nSPS) is 14.4. The highest BCUT2D eigenvalue weighted by Gasteiger charge is 2.07. The van der Waals surface area contributed by atoms with Crippen LogP contribution >= 0.6 is 0 Å². The largest absolute Gasteiger partial charge is 0.391 e. The predicted octanol–water partition coefficient (Wildman–Crippen LogP) is -0.677. The summed E-state index contributed by atoms with van der Waals surface area (Å²) in [5.74, 6) is 0.0629. The van der Waals surface area contributed by atoms with E-state index in [0.717, 1.165) is 0 Å². The molecule has 6 heteroatoms. The van der Waals surface area contributed by atoms with Gasteiger partial charge in [-0.3, -0.25) is 0 Å². The molecule has 13 heavy (non-hydrogen) atoms. The van der Waals surface area contributed by atoms with Crippen LogP contribution in [0, 0.1) is 0 Å². The third kappa shape index (κ3) is 6.94. The van der Waals surface area contributed by atoms with Crippen molar-refractivity contribution in [1.82, 2.24) is 4.72 Å². The Morgan fingerprint density at radius 2 is 2.15 bits per heavy atom. The lowest BCUT2D eigenvalue weighted by Gasteiger charge is -2.09. The number of aliphatic hydroxyl groups excluding tert-OH is 1. The molecule has 0 rings (SSSR count). The number of aliphatic hydroxyl groups is 1. The summed E-state index contributed by atoms with van der Waals surface area (Å²) in [5.41, 5.74) is 0. The molecule has 0 heterocycles. The third-order valence-corrected chi connectivity index (χ3v) is 2.94. The highest BCUT2D eigenvalue weighted by molar-refractivity contribution is 7.89. The molecule has 2 N–H and O–H groups in total. The van der Waals surface area contributed by atoms with E-state index in [9.17, 15) is 8.42 Å². The molecule has 0 aliphatic rings. The zero-order valence-electron chi connectivity index (χ0n) is 7.99. The van der Waals surface area contributed by atoms with E-state index in [0.29, 0.717) is 6.42 Å². The standard InChI is InChI=1S/C7H17NO4S/c1-3-13(10,11)8-5-4-7(9)6-12-2/h7-9H,3-6H2,1-2H3. The average Bonchev–Trinajstić information content (AvgIpc) is 2.05. The zero-order valence-corrected chi connectivity index (χ0v) is 8.80. The molecule has 0 aromatic rings. The molecular formula is C7H17NO4S. The van der Waals surface area contributed by atoms with Gasteiger partial charge in [-0.25, -0.2) is 13.1 Å². The number of hydrogen-bond donors (Lipinski definition) is 2. The lowest BCUT2D eigenvalue weighted by Crippen LogP contribution is -2.29. The van der Waals surface area contributed by atoms with Crippen molar-refractivity contribution < 1.29 is 18.3 Å². The number of rotatable bonds is 7. The number of methoxy groups -OCH3 is 1. The van der Waals surface area contributed by atoms with Gasteiger partial charge in [-0.2, -0.15) is 0 Å². The summed E-state index contributed by atoms with van der Waals surface area (Å²) in [6.45, 7) is 2.04. The number of ether oxygens (including phenoxy) is 1. The summed E-state index contributed by atoms with van der Waals surface area (Å²) in [6, 6.07) is 0. The first kappa shape index (κ1) is 12.8. The van der Waals surface area contributed by atoms with Crippen LogP contribution in [0.4, 0.5) is 0 Å².